The van der Waals surface area contributed by atoms with Crippen molar-refractivity contribution in [1.82, 2.24) is 19.7 Å². The second-order valence-corrected chi connectivity index (χ2v) is 9.27. The Kier molecular flexibility index (Phi) is 7.50. The van der Waals surface area contributed by atoms with Gasteiger partial charge in [-0.1, -0.05) is 30.3 Å². The molecule has 2 saturated heterocycles. The number of aromatic amines is 1. The highest BCUT2D eigenvalue weighted by Crippen LogP contribution is 2.31. The van der Waals surface area contributed by atoms with Gasteiger partial charge in [0, 0.05) is 68.0 Å². The van der Waals surface area contributed by atoms with Gasteiger partial charge in [0.2, 0.25) is 5.91 Å². The largest absolute Gasteiger partial charge is 0.489 e. The molecule has 0 bridgehead atoms. The Morgan fingerprint density at radius 3 is 2.47 bits per heavy atom. The highest BCUT2D eigenvalue weighted by Gasteiger charge is 2.33. The minimum atomic E-state index is -0.877. The van der Waals surface area contributed by atoms with E-state index in [0.717, 1.165) is 27.8 Å². The summed E-state index contributed by atoms with van der Waals surface area (Å²) in [6.45, 7) is 5.76. The number of ether oxygens (including phenoxy) is 2. The number of rotatable bonds is 8. The molecule has 1 amide bonds. The van der Waals surface area contributed by atoms with Crippen molar-refractivity contribution in [2.24, 2.45) is 0 Å². The molecule has 2 fully saturated rings. The molecule has 0 radical (unpaired) electrons. The van der Waals surface area contributed by atoms with Crippen LogP contribution < -0.4 is 4.74 Å². The van der Waals surface area contributed by atoms with Crippen LogP contribution in [0.5, 0.6) is 5.75 Å². The van der Waals surface area contributed by atoms with Crippen molar-refractivity contribution < 1.29 is 24.2 Å². The van der Waals surface area contributed by atoms with E-state index in [4.69, 9.17) is 9.47 Å². The summed E-state index contributed by atoms with van der Waals surface area (Å²) in [6.07, 6.45) is 1.79. The number of nitrogens with zero attached hydrogens (tertiary/aromatic N) is 3. The Labute approximate surface area is 210 Å². The van der Waals surface area contributed by atoms with E-state index in [2.05, 4.69) is 9.88 Å². The molecule has 0 aliphatic carbocycles. The molecule has 9 heteroatoms. The van der Waals surface area contributed by atoms with Crippen LogP contribution in [-0.2, 0) is 20.9 Å². The minimum Gasteiger partial charge on any atom is -0.489 e. The van der Waals surface area contributed by atoms with E-state index in [-0.39, 0.29) is 5.91 Å². The van der Waals surface area contributed by atoms with E-state index in [1.165, 1.54) is 0 Å². The molecule has 9 nitrogen and oxygen atoms in total. The van der Waals surface area contributed by atoms with Crippen molar-refractivity contribution in [1.29, 1.82) is 0 Å². The smallest absolute Gasteiger partial charge is 0.325 e. The van der Waals surface area contributed by atoms with Crippen molar-refractivity contribution in [2.75, 3.05) is 59.0 Å². The Bertz CT molecular complexity index is 1180. The number of benzene rings is 2. The number of H-pyrrole nitrogens is 1. The van der Waals surface area contributed by atoms with Crippen LogP contribution >= 0.6 is 0 Å². The summed E-state index contributed by atoms with van der Waals surface area (Å²) in [5.41, 5.74) is 2.67. The van der Waals surface area contributed by atoms with Gasteiger partial charge in [-0.05, 0) is 17.7 Å². The molecule has 5 rings (SSSR count). The molecule has 1 aromatic heterocycles. The van der Waals surface area contributed by atoms with E-state index in [1.54, 1.807) is 6.20 Å². The molecule has 3 heterocycles. The third kappa shape index (κ3) is 5.53. The Hall–Kier alpha value is -3.40. The number of carbonyl (C=O) groups excluding carboxylic acids is 1. The van der Waals surface area contributed by atoms with Crippen LogP contribution in [0, 0.1) is 0 Å². The first-order valence-corrected chi connectivity index (χ1v) is 12.4. The van der Waals surface area contributed by atoms with Crippen molar-refractivity contribution >= 4 is 22.8 Å². The summed E-state index contributed by atoms with van der Waals surface area (Å²) in [4.78, 5) is 34.1. The Balaban J connectivity index is 1.22. The molecule has 2 aliphatic rings. The molecule has 2 aliphatic heterocycles. The van der Waals surface area contributed by atoms with Gasteiger partial charge in [-0.15, -0.1) is 0 Å². The first-order chi connectivity index (χ1) is 17.6. The number of hydrogen-bond acceptors (Lipinski definition) is 6. The topological polar surface area (TPSA) is 98.3 Å². The lowest BCUT2D eigenvalue weighted by Crippen LogP contribution is -2.52. The monoisotopic (exact) mass is 492 g/mol. The number of fused-ring (bicyclic) bond motifs is 1. The van der Waals surface area contributed by atoms with Crippen LogP contribution in [0.1, 0.15) is 17.2 Å². The quantitative estimate of drug-likeness (QED) is 0.498. The molecule has 0 spiro atoms. The second kappa shape index (κ2) is 11.1. The Morgan fingerprint density at radius 1 is 1.00 bits per heavy atom. The number of piperazine rings is 1. The van der Waals surface area contributed by atoms with Gasteiger partial charge in [0.1, 0.15) is 18.4 Å². The lowest BCUT2D eigenvalue weighted by molar-refractivity contribution is -0.145. The zero-order valence-corrected chi connectivity index (χ0v) is 20.3. The maximum absolute atomic E-state index is 12.6. The number of nitrogens with one attached hydrogen (secondary N) is 1. The molecular formula is C27H32N4O5. The zero-order valence-electron chi connectivity index (χ0n) is 20.3. The minimum absolute atomic E-state index is 0.114. The summed E-state index contributed by atoms with van der Waals surface area (Å²) in [6, 6.07) is 14.9. The second-order valence-electron chi connectivity index (χ2n) is 9.27. The standard InChI is InChI=1S/C27H32N4O5/c32-25(30-12-14-35-15-13-30)18-29-8-10-31(11-9-29)26(27(33)34)23-17-28-24-16-21(6-7-22(23)24)36-19-20-4-2-1-3-5-20/h1-7,16-17,26,28H,8-15,18-19H2,(H,33,34). The predicted octanol–water partition coefficient (Wildman–Crippen LogP) is 2.35. The predicted molar refractivity (Wildman–Crippen MR) is 135 cm³/mol. The van der Waals surface area contributed by atoms with Gasteiger partial charge >= 0.3 is 5.97 Å². The van der Waals surface area contributed by atoms with Crippen molar-refractivity contribution in [3.05, 3.63) is 65.9 Å². The molecule has 3 aromatic rings. The first-order valence-electron chi connectivity index (χ1n) is 12.4. The van der Waals surface area contributed by atoms with Crippen molar-refractivity contribution in [3.8, 4) is 5.75 Å². The van der Waals surface area contributed by atoms with Gasteiger partial charge in [0.25, 0.3) is 0 Å². The third-order valence-corrected chi connectivity index (χ3v) is 6.96. The number of aliphatic carboxylic acids is 1. The average molecular weight is 493 g/mol. The number of amides is 1. The summed E-state index contributed by atoms with van der Waals surface area (Å²) in [5, 5.41) is 11.0. The molecule has 190 valence electrons. The maximum Gasteiger partial charge on any atom is 0.325 e. The lowest BCUT2D eigenvalue weighted by Gasteiger charge is -2.38. The molecule has 1 atom stereocenters. The highest BCUT2D eigenvalue weighted by molar-refractivity contribution is 5.90. The number of carboxylic acid groups (broad SMARTS) is 1. The van der Waals surface area contributed by atoms with Gasteiger partial charge in [-0.25, -0.2) is 0 Å². The fraction of sp³-hybridized carbons (Fsp3) is 0.407. The normalized spacial score (nSPS) is 18.3. The highest BCUT2D eigenvalue weighted by atomic mass is 16.5. The molecule has 36 heavy (non-hydrogen) atoms. The number of carboxylic acids is 1. The maximum atomic E-state index is 12.6. The van der Waals surface area contributed by atoms with Crippen LogP contribution in [0.25, 0.3) is 10.9 Å². The summed E-state index contributed by atoms with van der Waals surface area (Å²) >= 11 is 0. The Morgan fingerprint density at radius 2 is 1.75 bits per heavy atom. The van der Waals surface area contributed by atoms with E-state index in [1.807, 2.05) is 58.3 Å². The molecule has 2 N–H and O–H groups in total. The average Bonchev–Trinajstić information content (AvgIpc) is 3.32. The van der Waals surface area contributed by atoms with E-state index < -0.39 is 12.0 Å². The number of carbonyl (C=O) groups is 2. The number of aromatic nitrogens is 1. The summed E-state index contributed by atoms with van der Waals surface area (Å²) < 4.78 is 11.3. The van der Waals surface area contributed by atoms with Gasteiger partial charge < -0.3 is 24.5 Å². The van der Waals surface area contributed by atoms with Crippen LogP contribution in [0.2, 0.25) is 0 Å². The zero-order chi connectivity index (χ0) is 24.9. The van der Waals surface area contributed by atoms with Crippen molar-refractivity contribution in [3.63, 3.8) is 0 Å². The van der Waals surface area contributed by atoms with E-state index in [9.17, 15) is 14.7 Å². The number of morpholine rings is 1. The summed E-state index contributed by atoms with van der Waals surface area (Å²) in [7, 11) is 0. The van der Waals surface area contributed by atoms with Crippen molar-refractivity contribution in [2.45, 2.75) is 12.6 Å². The van der Waals surface area contributed by atoms with Gasteiger partial charge in [-0.2, -0.15) is 0 Å². The lowest BCUT2D eigenvalue weighted by atomic mass is 10.0. The fourth-order valence-electron chi connectivity index (χ4n) is 4.95. The van der Waals surface area contributed by atoms with Gasteiger partial charge in [-0.3, -0.25) is 19.4 Å². The number of hydrogen-bond donors (Lipinski definition) is 2. The van der Waals surface area contributed by atoms with Gasteiger partial charge in [0.05, 0.1) is 19.8 Å². The summed E-state index contributed by atoms with van der Waals surface area (Å²) in [5.74, 6) is -0.0354. The third-order valence-electron chi connectivity index (χ3n) is 6.96. The van der Waals surface area contributed by atoms with E-state index >= 15 is 0 Å². The van der Waals surface area contributed by atoms with Crippen LogP contribution in [0.15, 0.2) is 54.7 Å². The van der Waals surface area contributed by atoms with Gasteiger partial charge in [0.15, 0.2) is 0 Å². The van der Waals surface area contributed by atoms with Crippen LogP contribution in [0.4, 0.5) is 0 Å². The van der Waals surface area contributed by atoms with E-state index in [0.29, 0.717) is 65.6 Å². The first kappa shape index (κ1) is 24.3. The van der Waals surface area contributed by atoms with Crippen LogP contribution in [-0.4, -0.2) is 95.7 Å². The fourth-order valence-corrected chi connectivity index (χ4v) is 4.95. The van der Waals surface area contributed by atoms with Crippen LogP contribution in [0.3, 0.4) is 0 Å². The SMILES string of the molecule is O=C(O)C(c1c[nH]c2cc(OCc3ccccc3)ccc12)N1CCN(CC(=O)N2CCOCC2)CC1. The molecule has 1 unspecified atom stereocenters. The molecule has 0 saturated carbocycles. The molecule has 2 aromatic carbocycles. The molecular weight excluding hydrogens is 460 g/mol.